The highest BCUT2D eigenvalue weighted by molar-refractivity contribution is 7.15. The Morgan fingerprint density at radius 1 is 1.41 bits per heavy atom. The number of hydrogen-bond acceptors (Lipinski definition) is 5. The molecule has 8 heteroatoms. The summed E-state index contributed by atoms with van der Waals surface area (Å²) in [6.07, 6.45) is 6.11. The zero-order valence-corrected chi connectivity index (χ0v) is 16.3. The second kappa shape index (κ2) is 9.03. The normalized spacial score (nSPS) is 12.0. The molecule has 27 heavy (non-hydrogen) atoms. The molecule has 0 aliphatic heterocycles. The second-order valence-corrected chi connectivity index (χ2v) is 7.74. The molecule has 0 spiro atoms. The number of aryl methyl sites for hydroxylation is 1. The van der Waals surface area contributed by atoms with Crippen LogP contribution in [0.5, 0.6) is 0 Å². The van der Waals surface area contributed by atoms with Crippen LogP contribution in [0.15, 0.2) is 47.4 Å². The fourth-order valence-electron chi connectivity index (χ4n) is 2.67. The molecule has 3 rings (SSSR count). The maximum absolute atomic E-state index is 12.2. The number of carbonyl (C=O) groups is 1. The molecule has 0 bridgehead atoms. The number of thiazole rings is 1. The van der Waals surface area contributed by atoms with E-state index in [-0.39, 0.29) is 6.61 Å². The third kappa shape index (κ3) is 5.56. The average molecular weight is 406 g/mol. The van der Waals surface area contributed by atoms with Crippen LogP contribution in [0.3, 0.4) is 0 Å². The van der Waals surface area contributed by atoms with Crippen LogP contribution in [-0.2, 0) is 12.8 Å². The number of benzene rings is 1. The molecule has 2 amide bonds. The van der Waals surface area contributed by atoms with E-state index in [4.69, 9.17) is 16.0 Å². The summed E-state index contributed by atoms with van der Waals surface area (Å²) in [4.78, 5) is 17.5. The quantitative estimate of drug-likeness (QED) is 0.554. The Bertz CT molecular complexity index is 896. The highest BCUT2D eigenvalue weighted by Gasteiger charge is 2.14. The van der Waals surface area contributed by atoms with Gasteiger partial charge in [0.2, 0.25) is 0 Å². The van der Waals surface area contributed by atoms with Gasteiger partial charge < -0.3 is 14.8 Å². The molecule has 0 radical (unpaired) electrons. The number of amides is 2. The first-order chi connectivity index (χ1) is 13.0. The fraction of sp³-hybridized carbons (Fsp3) is 0.263. The Morgan fingerprint density at radius 3 is 2.96 bits per heavy atom. The molecule has 0 aliphatic rings. The van der Waals surface area contributed by atoms with Crippen LogP contribution in [0.2, 0.25) is 5.02 Å². The molecule has 1 aromatic carbocycles. The van der Waals surface area contributed by atoms with Crippen molar-refractivity contribution < 1.29 is 14.3 Å². The third-order valence-electron chi connectivity index (χ3n) is 4.06. The first kappa shape index (κ1) is 19.4. The van der Waals surface area contributed by atoms with Gasteiger partial charge in [-0.15, -0.1) is 11.3 Å². The van der Waals surface area contributed by atoms with Gasteiger partial charge in [0.25, 0.3) is 0 Å². The van der Waals surface area contributed by atoms with Crippen LogP contribution in [-0.4, -0.2) is 28.8 Å². The minimum atomic E-state index is -0.404. The summed E-state index contributed by atoms with van der Waals surface area (Å²) in [5.41, 5.74) is 3.19. The fourth-order valence-corrected chi connectivity index (χ4v) is 3.72. The van der Waals surface area contributed by atoms with Crippen LogP contribution in [0.25, 0.3) is 0 Å². The van der Waals surface area contributed by atoms with E-state index in [0.29, 0.717) is 16.6 Å². The van der Waals surface area contributed by atoms with Crippen LogP contribution in [0, 0.1) is 6.92 Å². The van der Waals surface area contributed by atoms with Crippen LogP contribution >= 0.6 is 22.9 Å². The molecule has 6 nitrogen and oxygen atoms in total. The lowest BCUT2D eigenvalue weighted by molar-refractivity contribution is 0.224. The Hall–Kier alpha value is -2.35. The molecule has 142 valence electrons. The minimum Gasteiger partial charge on any atom is -0.472 e. The van der Waals surface area contributed by atoms with Gasteiger partial charge >= 0.3 is 6.03 Å². The number of nitrogens with one attached hydrogen (secondary N) is 2. The number of urea groups is 1. The zero-order valence-electron chi connectivity index (χ0n) is 14.7. The summed E-state index contributed by atoms with van der Waals surface area (Å²) >= 11 is 7.41. The molecular formula is C19H20ClN3O3S. The predicted molar refractivity (Wildman–Crippen MR) is 107 cm³/mol. The molecule has 2 heterocycles. The molecule has 3 aromatic rings. The molecule has 2 aromatic heterocycles. The SMILES string of the molecule is Cc1cc(Cl)ccc1Cc1cnc(NC(=O)NC(CO)Cc2ccoc2)s1. The number of rotatable bonds is 7. The van der Waals surface area contributed by atoms with Crippen LogP contribution < -0.4 is 10.6 Å². The van der Waals surface area contributed by atoms with E-state index in [9.17, 15) is 9.90 Å². The summed E-state index contributed by atoms with van der Waals surface area (Å²) in [7, 11) is 0. The summed E-state index contributed by atoms with van der Waals surface area (Å²) < 4.78 is 5.00. The lowest BCUT2D eigenvalue weighted by atomic mass is 10.1. The van der Waals surface area contributed by atoms with Gasteiger partial charge in [0, 0.05) is 22.5 Å². The lowest BCUT2D eigenvalue weighted by Crippen LogP contribution is -2.41. The number of aliphatic hydroxyl groups excluding tert-OH is 1. The molecule has 1 unspecified atom stereocenters. The number of halogens is 1. The molecule has 3 N–H and O–H groups in total. The Kier molecular flexibility index (Phi) is 6.49. The van der Waals surface area contributed by atoms with E-state index in [1.807, 2.05) is 25.1 Å². The first-order valence-electron chi connectivity index (χ1n) is 8.42. The second-order valence-electron chi connectivity index (χ2n) is 6.19. The largest absolute Gasteiger partial charge is 0.472 e. The molecule has 0 fully saturated rings. The van der Waals surface area contributed by atoms with Crippen molar-refractivity contribution in [1.82, 2.24) is 10.3 Å². The number of aromatic nitrogens is 1. The van der Waals surface area contributed by atoms with E-state index >= 15 is 0 Å². The van der Waals surface area contributed by atoms with Crippen molar-refractivity contribution in [3.05, 3.63) is 69.6 Å². The zero-order chi connectivity index (χ0) is 19.2. The summed E-state index contributed by atoms with van der Waals surface area (Å²) in [6.45, 7) is 1.85. The molecule has 1 atom stereocenters. The van der Waals surface area contributed by atoms with Gasteiger partial charge in [0.15, 0.2) is 5.13 Å². The smallest absolute Gasteiger partial charge is 0.321 e. The summed E-state index contributed by atoms with van der Waals surface area (Å²) in [5.74, 6) is 0. The first-order valence-corrected chi connectivity index (χ1v) is 9.62. The average Bonchev–Trinajstić information content (AvgIpc) is 3.29. The van der Waals surface area contributed by atoms with Crippen molar-refractivity contribution in [2.45, 2.75) is 25.8 Å². The van der Waals surface area contributed by atoms with E-state index in [0.717, 1.165) is 22.4 Å². The Balaban J connectivity index is 1.55. The van der Waals surface area contributed by atoms with Gasteiger partial charge in [-0.1, -0.05) is 17.7 Å². The highest BCUT2D eigenvalue weighted by atomic mass is 35.5. The summed E-state index contributed by atoms with van der Waals surface area (Å²) in [5, 5.41) is 16.1. The van der Waals surface area contributed by atoms with Crippen molar-refractivity contribution in [1.29, 1.82) is 0 Å². The molecule has 0 saturated carbocycles. The van der Waals surface area contributed by atoms with Gasteiger partial charge in [0.05, 0.1) is 25.2 Å². The van der Waals surface area contributed by atoms with Gasteiger partial charge in [0.1, 0.15) is 0 Å². The van der Waals surface area contributed by atoms with Crippen molar-refractivity contribution in [3.8, 4) is 0 Å². The standard InChI is InChI=1S/C19H20ClN3O3S/c1-12-6-15(20)3-2-14(12)8-17-9-21-19(27-17)23-18(25)22-16(10-24)7-13-4-5-26-11-13/h2-6,9,11,16,24H,7-8,10H2,1H3,(H2,21,22,23,25). The third-order valence-corrected chi connectivity index (χ3v) is 5.21. The van der Waals surface area contributed by atoms with E-state index in [1.54, 1.807) is 24.8 Å². The molecule has 0 saturated heterocycles. The van der Waals surface area contributed by atoms with E-state index in [2.05, 4.69) is 15.6 Å². The molecular weight excluding hydrogens is 386 g/mol. The van der Waals surface area contributed by atoms with Crippen molar-refractivity contribution >= 4 is 34.1 Å². The van der Waals surface area contributed by atoms with Crippen molar-refractivity contribution in [2.75, 3.05) is 11.9 Å². The number of furan rings is 1. The maximum Gasteiger partial charge on any atom is 0.321 e. The Labute approximate surface area is 166 Å². The van der Waals surface area contributed by atoms with Crippen LogP contribution in [0.1, 0.15) is 21.6 Å². The van der Waals surface area contributed by atoms with E-state index in [1.165, 1.54) is 16.9 Å². The number of aliphatic hydroxyl groups is 1. The monoisotopic (exact) mass is 405 g/mol. The summed E-state index contributed by atoms with van der Waals surface area (Å²) in [6, 6.07) is 6.79. The van der Waals surface area contributed by atoms with Crippen molar-refractivity contribution in [2.24, 2.45) is 0 Å². The Morgan fingerprint density at radius 2 is 2.26 bits per heavy atom. The maximum atomic E-state index is 12.2. The number of hydrogen-bond donors (Lipinski definition) is 3. The molecule has 0 aliphatic carbocycles. The van der Waals surface area contributed by atoms with Gasteiger partial charge in [-0.25, -0.2) is 9.78 Å². The lowest BCUT2D eigenvalue weighted by Gasteiger charge is -2.15. The van der Waals surface area contributed by atoms with Gasteiger partial charge in [-0.2, -0.15) is 0 Å². The van der Waals surface area contributed by atoms with Gasteiger partial charge in [-0.3, -0.25) is 5.32 Å². The topological polar surface area (TPSA) is 87.4 Å². The predicted octanol–water partition coefficient (Wildman–Crippen LogP) is 4.01. The highest BCUT2D eigenvalue weighted by Crippen LogP contribution is 2.24. The van der Waals surface area contributed by atoms with E-state index < -0.39 is 12.1 Å². The number of carbonyl (C=O) groups excluding carboxylic acids is 1. The minimum absolute atomic E-state index is 0.169. The number of nitrogens with zero attached hydrogens (tertiary/aromatic N) is 1. The van der Waals surface area contributed by atoms with Crippen LogP contribution in [0.4, 0.5) is 9.93 Å². The number of anilines is 1. The van der Waals surface area contributed by atoms with Gasteiger partial charge in [-0.05, 0) is 48.2 Å². The van der Waals surface area contributed by atoms with Crippen molar-refractivity contribution in [3.63, 3.8) is 0 Å².